The van der Waals surface area contributed by atoms with Crippen LogP contribution in [0.25, 0.3) is 16.6 Å². The summed E-state index contributed by atoms with van der Waals surface area (Å²) in [6.07, 6.45) is 7.82. The Balaban J connectivity index is 1.58. The fraction of sp³-hybridized carbons (Fsp3) is 0.320. The Hall–Kier alpha value is -2.93. The Labute approximate surface area is 190 Å². The molecule has 1 heterocycles. The van der Waals surface area contributed by atoms with E-state index < -0.39 is 11.1 Å². The summed E-state index contributed by atoms with van der Waals surface area (Å²) in [6, 6.07) is 13.1. The zero-order valence-electron chi connectivity index (χ0n) is 18.0. The fourth-order valence-corrected chi connectivity index (χ4v) is 4.81. The molecule has 0 spiro atoms. The number of para-hydroxylation sites is 2. The second kappa shape index (κ2) is 10.1. The van der Waals surface area contributed by atoms with Crippen LogP contribution in [0.1, 0.15) is 39.0 Å². The first-order chi connectivity index (χ1) is 15.5. The largest absolute Gasteiger partial charge is 0.355 e. The summed E-state index contributed by atoms with van der Waals surface area (Å²) in [4.78, 5) is 30.5. The number of rotatable bonds is 7. The predicted molar refractivity (Wildman–Crippen MR) is 127 cm³/mol. The molecule has 1 aliphatic carbocycles. The predicted octanol–water partition coefficient (Wildman–Crippen LogP) is 5.01. The zero-order valence-corrected chi connectivity index (χ0v) is 18.8. The lowest BCUT2D eigenvalue weighted by Gasteiger charge is -2.17. The van der Waals surface area contributed by atoms with Crippen LogP contribution in [0.5, 0.6) is 0 Å². The van der Waals surface area contributed by atoms with Crippen molar-refractivity contribution in [2.75, 3.05) is 6.54 Å². The average Bonchev–Trinajstić information content (AvgIpc) is 2.81. The third-order valence-electron chi connectivity index (χ3n) is 5.62. The lowest BCUT2D eigenvalue weighted by Crippen LogP contribution is -2.33. The number of carbonyl (C=O) groups excluding carboxylic acids is 1. The molecule has 0 saturated heterocycles. The first-order valence-electron chi connectivity index (χ1n) is 10.9. The molecule has 0 saturated carbocycles. The topological polar surface area (TPSA) is 64.0 Å². The maximum atomic E-state index is 14.6. The molecule has 0 aliphatic heterocycles. The molecule has 1 aromatic heterocycles. The highest BCUT2D eigenvalue weighted by molar-refractivity contribution is 8.00. The standard InChI is InChI=1S/C25H26FN3O2S/c1-17(23(30)27-16-15-18-9-3-2-4-10-18)32-25-28-21-13-7-5-11-19(21)24(31)29(25)22-14-8-6-12-20(22)26/h5-9,11-14,17H,2-4,10,15-16H2,1H3,(H,27,30). The molecule has 1 atom stereocenters. The van der Waals surface area contributed by atoms with Crippen LogP contribution in [0.15, 0.2) is 70.1 Å². The molecular weight excluding hydrogens is 425 g/mol. The first kappa shape index (κ1) is 22.3. The Morgan fingerprint density at radius 2 is 1.97 bits per heavy atom. The number of nitrogens with one attached hydrogen (secondary N) is 1. The maximum Gasteiger partial charge on any atom is 0.266 e. The smallest absolute Gasteiger partial charge is 0.266 e. The summed E-state index contributed by atoms with van der Waals surface area (Å²) in [5, 5.41) is 3.17. The van der Waals surface area contributed by atoms with Crippen LogP contribution in [0.4, 0.5) is 4.39 Å². The van der Waals surface area contributed by atoms with Crippen molar-refractivity contribution < 1.29 is 9.18 Å². The number of halogens is 1. The normalized spacial score (nSPS) is 14.8. The minimum atomic E-state index is -0.522. The van der Waals surface area contributed by atoms with Crippen molar-refractivity contribution in [1.29, 1.82) is 0 Å². The first-order valence-corrected chi connectivity index (χ1v) is 11.8. The number of amides is 1. The van der Waals surface area contributed by atoms with E-state index in [1.807, 2.05) is 0 Å². The SMILES string of the molecule is CC(Sc1nc2ccccc2c(=O)n1-c1ccccc1F)C(=O)NCCC1=CCCCC1. The molecule has 3 aromatic rings. The van der Waals surface area contributed by atoms with Gasteiger partial charge in [-0.25, -0.2) is 9.37 Å². The Morgan fingerprint density at radius 1 is 1.19 bits per heavy atom. The summed E-state index contributed by atoms with van der Waals surface area (Å²) in [5.74, 6) is -0.653. The fourth-order valence-electron chi connectivity index (χ4n) is 3.87. The molecule has 2 aromatic carbocycles. The number of hydrogen-bond donors (Lipinski definition) is 1. The molecule has 7 heteroatoms. The highest BCUT2D eigenvalue weighted by atomic mass is 32.2. The van der Waals surface area contributed by atoms with Crippen molar-refractivity contribution in [3.63, 3.8) is 0 Å². The number of nitrogens with zero attached hydrogens (tertiary/aromatic N) is 2. The lowest BCUT2D eigenvalue weighted by molar-refractivity contribution is -0.120. The molecule has 0 fully saturated rings. The quantitative estimate of drug-likeness (QED) is 0.312. The Bertz CT molecular complexity index is 1220. The lowest BCUT2D eigenvalue weighted by atomic mass is 9.97. The van der Waals surface area contributed by atoms with E-state index >= 15 is 0 Å². The molecule has 32 heavy (non-hydrogen) atoms. The second-order valence-corrected chi connectivity index (χ2v) is 9.22. The summed E-state index contributed by atoms with van der Waals surface area (Å²) in [7, 11) is 0. The maximum absolute atomic E-state index is 14.6. The summed E-state index contributed by atoms with van der Waals surface area (Å²) >= 11 is 1.16. The molecule has 0 bridgehead atoms. The van der Waals surface area contributed by atoms with Crippen molar-refractivity contribution >= 4 is 28.6 Å². The number of carbonyl (C=O) groups is 1. The van der Waals surface area contributed by atoms with Crippen molar-refractivity contribution in [2.45, 2.75) is 49.4 Å². The third kappa shape index (κ3) is 4.93. The molecule has 1 N–H and O–H groups in total. The highest BCUT2D eigenvalue weighted by Gasteiger charge is 2.21. The summed E-state index contributed by atoms with van der Waals surface area (Å²) in [5.41, 5.74) is 1.68. The number of benzene rings is 2. The van der Waals surface area contributed by atoms with Gasteiger partial charge in [-0.15, -0.1) is 0 Å². The summed E-state index contributed by atoms with van der Waals surface area (Å²) in [6.45, 7) is 2.35. The van der Waals surface area contributed by atoms with Crippen molar-refractivity contribution in [3.8, 4) is 5.69 Å². The number of hydrogen-bond acceptors (Lipinski definition) is 4. The van der Waals surface area contributed by atoms with Crippen molar-refractivity contribution in [1.82, 2.24) is 14.9 Å². The van der Waals surface area contributed by atoms with Gasteiger partial charge in [0.15, 0.2) is 5.16 Å². The average molecular weight is 452 g/mol. The van der Waals surface area contributed by atoms with Gasteiger partial charge >= 0.3 is 0 Å². The third-order valence-corrected chi connectivity index (χ3v) is 6.67. The van der Waals surface area contributed by atoms with E-state index in [1.165, 1.54) is 29.0 Å². The van der Waals surface area contributed by atoms with Crippen LogP contribution in [-0.2, 0) is 4.79 Å². The Morgan fingerprint density at radius 3 is 2.75 bits per heavy atom. The van der Waals surface area contributed by atoms with Gasteiger partial charge in [0, 0.05) is 6.54 Å². The molecule has 1 amide bonds. The summed E-state index contributed by atoms with van der Waals surface area (Å²) < 4.78 is 15.9. The van der Waals surface area contributed by atoms with E-state index in [2.05, 4.69) is 16.4 Å². The van der Waals surface area contributed by atoms with E-state index in [9.17, 15) is 14.0 Å². The van der Waals surface area contributed by atoms with E-state index in [0.717, 1.165) is 31.0 Å². The van der Waals surface area contributed by atoms with E-state index in [-0.39, 0.29) is 22.3 Å². The van der Waals surface area contributed by atoms with Crippen molar-refractivity contribution in [2.24, 2.45) is 0 Å². The Kier molecular flexibility index (Phi) is 7.05. The van der Waals surface area contributed by atoms with Crippen LogP contribution in [0, 0.1) is 5.82 Å². The van der Waals surface area contributed by atoms with Crippen LogP contribution in [0.3, 0.4) is 0 Å². The van der Waals surface area contributed by atoms with Gasteiger partial charge in [-0.3, -0.25) is 14.2 Å². The van der Waals surface area contributed by atoms with Crippen LogP contribution in [0.2, 0.25) is 0 Å². The van der Waals surface area contributed by atoms with Gasteiger partial charge < -0.3 is 5.32 Å². The number of fused-ring (bicyclic) bond motifs is 1. The number of thioether (sulfide) groups is 1. The van der Waals surface area contributed by atoms with Gasteiger partial charge in [0.2, 0.25) is 5.91 Å². The molecule has 1 aliphatic rings. The van der Waals surface area contributed by atoms with Gasteiger partial charge in [0.05, 0.1) is 21.8 Å². The zero-order chi connectivity index (χ0) is 22.5. The van der Waals surface area contributed by atoms with Crippen LogP contribution in [-0.4, -0.2) is 27.3 Å². The monoisotopic (exact) mass is 451 g/mol. The van der Waals surface area contributed by atoms with Gasteiger partial charge in [0.25, 0.3) is 5.56 Å². The van der Waals surface area contributed by atoms with Gasteiger partial charge in [0.1, 0.15) is 5.82 Å². The molecule has 5 nitrogen and oxygen atoms in total. The molecule has 1 unspecified atom stereocenters. The van der Waals surface area contributed by atoms with Gasteiger partial charge in [-0.2, -0.15) is 0 Å². The second-order valence-electron chi connectivity index (χ2n) is 7.91. The molecule has 4 rings (SSSR count). The van der Waals surface area contributed by atoms with Gasteiger partial charge in [-0.05, 0) is 63.3 Å². The number of aromatic nitrogens is 2. The molecule has 166 valence electrons. The minimum absolute atomic E-state index is 0.120. The van der Waals surface area contributed by atoms with Crippen molar-refractivity contribution in [3.05, 3.63) is 76.4 Å². The van der Waals surface area contributed by atoms with Crippen LogP contribution < -0.4 is 10.9 Å². The number of allylic oxidation sites excluding steroid dienone is 1. The molecular formula is C25H26FN3O2S. The van der Waals surface area contributed by atoms with E-state index in [1.54, 1.807) is 49.4 Å². The highest BCUT2D eigenvalue weighted by Crippen LogP contribution is 2.26. The van der Waals surface area contributed by atoms with Gasteiger partial charge in [-0.1, -0.05) is 47.7 Å². The van der Waals surface area contributed by atoms with E-state index in [0.29, 0.717) is 17.4 Å². The molecule has 0 radical (unpaired) electrons. The van der Waals surface area contributed by atoms with Crippen LogP contribution >= 0.6 is 11.8 Å². The van der Waals surface area contributed by atoms with E-state index in [4.69, 9.17) is 0 Å². The minimum Gasteiger partial charge on any atom is -0.355 e.